The van der Waals surface area contributed by atoms with Gasteiger partial charge < -0.3 is 11.1 Å². The number of anilines is 2. The highest BCUT2D eigenvalue weighted by Gasteiger charge is 2.04. The minimum atomic E-state index is 0.305. The first kappa shape index (κ1) is 13.4. The van der Waals surface area contributed by atoms with Gasteiger partial charge in [-0.2, -0.15) is 11.8 Å². The van der Waals surface area contributed by atoms with Crippen molar-refractivity contribution < 1.29 is 0 Å². The Morgan fingerprint density at radius 3 is 2.94 bits per heavy atom. The number of unbranched alkanes of at least 4 members (excludes halogenated alkanes) is 2. The normalized spacial score (nSPS) is 10.4. The van der Waals surface area contributed by atoms with Crippen LogP contribution < -0.4 is 11.1 Å². The second-order valence-electron chi connectivity index (χ2n) is 3.41. The van der Waals surface area contributed by atoms with Crippen molar-refractivity contribution in [3.05, 3.63) is 11.5 Å². The first-order valence-corrected chi connectivity index (χ1v) is 7.01. The van der Waals surface area contributed by atoms with Gasteiger partial charge in [-0.05, 0) is 24.9 Å². The lowest BCUT2D eigenvalue weighted by Crippen LogP contribution is -2.07. The summed E-state index contributed by atoms with van der Waals surface area (Å²) in [4.78, 5) is 7.83. The van der Waals surface area contributed by atoms with Crippen molar-refractivity contribution in [2.24, 2.45) is 0 Å². The number of halogens is 1. The Morgan fingerprint density at radius 2 is 2.19 bits per heavy atom. The number of aromatic nitrogens is 2. The molecule has 1 heterocycles. The molecule has 0 bridgehead atoms. The molecule has 3 N–H and O–H groups in total. The van der Waals surface area contributed by atoms with Gasteiger partial charge in [0.1, 0.15) is 12.0 Å². The van der Waals surface area contributed by atoms with Gasteiger partial charge in [-0.1, -0.05) is 18.0 Å². The Kier molecular flexibility index (Phi) is 6.33. The van der Waals surface area contributed by atoms with E-state index < -0.39 is 0 Å². The van der Waals surface area contributed by atoms with E-state index in [0.717, 1.165) is 13.0 Å². The topological polar surface area (TPSA) is 63.8 Å². The van der Waals surface area contributed by atoms with Crippen LogP contribution in [0.3, 0.4) is 0 Å². The minimum Gasteiger partial charge on any atom is -0.393 e. The Bertz CT molecular complexity index is 322. The molecule has 0 saturated heterocycles. The zero-order chi connectivity index (χ0) is 11.8. The average Bonchev–Trinajstić information content (AvgIpc) is 2.29. The predicted octanol–water partition coefficient (Wildman–Crippen LogP) is 2.66. The molecule has 0 fully saturated rings. The quantitative estimate of drug-likeness (QED) is 0.583. The highest BCUT2D eigenvalue weighted by molar-refractivity contribution is 7.98. The van der Waals surface area contributed by atoms with Crippen LogP contribution in [0.25, 0.3) is 0 Å². The molecule has 0 saturated carbocycles. The number of rotatable bonds is 7. The van der Waals surface area contributed by atoms with Gasteiger partial charge >= 0.3 is 0 Å². The van der Waals surface area contributed by atoms with Crippen LogP contribution in [0.4, 0.5) is 11.5 Å². The Morgan fingerprint density at radius 1 is 1.38 bits per heavy atom. The highest BCUT2D eigenvalue weighted by atomic mass is 35.5. The number of nitrogens with one attached hydrogen (secondary N) is 1. The average molecular weight is 261 g/mol. The summed E-state index contributed by atoms with van der Waals surface area (Å²) in [7, 11) is 0. The Hall–Kier alpha value is -0.680. The van der Waals surface area contributed by atoms with Gasteiger partial charge in [0.2, 0.25) is 0 Å². The van der Waals surface area contributed by atoms with E-state index in [9.17, 15) is 0 Å². The number of hydrogen-bond donors (Lipinski definition) is 2. The van der Waals surface area contributed by atoms with E-state index in [1.54, 1.807) is 0 Å². The van der Waals surface area contributed by atoms with Gasteiger partial charge in [0.25, 0.3) is 0 Å². The largest absolute Gasteiger partial charge is 0.393 e. The molecule has 0 amide bonds. The van der Waals surface area contributed by atoms with Gasteiger partial charge in [-0.25, -0.2) is 9.97 Å². The summed E-state index contributed by atoms with van der Waals surface area (Å²) < 4.78 is 0. The van der Waals surface area contributed by atoms with Crippen LogP contribution in [0.1, 0.15) is 19.3 Å². The van der Waals surface area contributed by atoms with Gasteiger partial charge in [0.15, 0.2) is 11.0 Å². The summed E-state index contributed by atoms with van der Waals surface area (Å²) in [6.07, 6.45) is 7.12. The van der Waals surface area contributed by atoms with Crippen LogP contribution in [0, 0.1) is 0 Å². The van der Waals surface area contributed by atoms with Gasteiger partial charge in [-0.15, -0.1) is 0 Å². The fraction of sp³-hybridized carbons (Fsp3) is 0.600. The van der Waals surface area contributed by atoms with Crippen LogP contribution in [0.5, 0.6) is 0 Å². The summed E-state index contributed by atoms with van der Waals surface area (Å²) in [6.45, 7) is 0.867. The standard InChI is InChI=1S/C10H17ClN4S/c1-16-6-4-2-3-5-13-10-8(12)9(11)14-7-15-10/h7H,2-6,12H2,1H3,(H,13,14,15). The lowest BCUT2D eigenvalue weighted by atomic mass is 10.2. The minimum absolute atomic E-state index is 0.305. The van der Waals surface area contributed by atoms with Gasteiger partial charge in [0, 0.05) is 6.54 Å². The van der Waals surface area contributed by atoms with Crippen molar-refractivity contribution >= 4 is 34.9 Å². The fourth-order valence-corrected chi connectivity index (χ4v) is 1.90. The van der Waals surface area contributed by atoms with Crippen LogP contribution in [-0.2, 0) is 0 Å². The second kappa shape index (κ2) is 7.57. The Balaban J connectivity index is 2.24. The van der Waals surface area contributed by atoms with Crippen molar-refractivity contribution in [1.29, 1.82) is 0 Å². The van der Waals surface area contributed by atoms with Crippen molar-refractivity contribution in [1.82, 2.24) is 9.97 Å². The van der Waals surface area contributed by atoms with E-state index >= 15 is 0 Å². The van der Waals surface area contributed by atoms with Crippen molar-refractivity contribution in [2.45, 2.75) is 19.3 Å². The molecule has 1 rings (SSSR count). The maximum absolute atomic E-state index is 5.78. The predicted molar refractivity (Wildman–Crippen MR) is 72.2 cm³/mol. The maximum atomic E-state index is 5.78. The fourth-order valence-electron chi connectivity index (χ4n) is 1.27. The molecular weight excluding hydrogens is 244 g/mol. The molecule has 0 aliphatic heterocycles. The number of nitrogen functional groups attached to an aromatic ring is 1. The molecule has 0 spiro atoms. The lowest BCUT2D eigenvalue weighted by molar-refractivity contribution is 0.748. The van der Waals surface area contributed by atoms with Crippen LogP contribution >= 0.6 is 23.4 Å². The van der Waals surface area contributed by atoms with Crippen LogP contribution in [-0.4, -0.2) is 28.5 Å². The molecule has 0 atom stereocenters. The van der Waals surface area contributed by atoms with Crippen molar-refractivity contribution in [3.8, 4) is 0 Å². The van der Waals surface area contributed by atoms with E-state index in [2.05, 4.69) is 21.5 Å². The molecular formula is C10H17ClN4S. The summed E-state index contributed by atoms with van der Waals surface area (Å²) in [6, 6.07) is 0. The third-order valence-electron chi connectivity index (χ3n) is 2.15. The molecule has 0 aliphatic rings. The third-order valence-corrected chi connectivity index (χ3v) is 3.15. The molecule has 1 aromatic rings. The SMILES string of the molecule is CSCCCCCNc1ncnc(Cl)c1N. The third kappa shape index (κ3) is 4.45. The molecule has 16 heavy (non-hydrogen) atoms. The molecule has 4 nitrogen and oxygen atoms in total. The van der Waals surface area contributed by atoms with Crippen molar-refractivity contribution in [3.63, 3.8) is 0 Å². The smallest absolute Gasteiger partial charge is 0.157 e. The first-order valence-electron chi connectivity index (χ1n) is 5.24. The lowest BCUT2D eigenvalue weighted by Gasteiger charge is -2.07. The van der Waals surface area contributed by atoms with Gasteiger partial charge in [0.05, 0.1) is 0 Å². The number of nitrogens with zero attached hydrogens (tertiary/aromatic N) is 2. The zero-order valence-corrected chi connectivity index (χ0v) is 10.9. The summed E-state index contributed by atoms with van der Waals surface area (Å²) in [5.74, 6) is 1.85. The molecule has 0 radical (unpaired) electrons. The van der Waals surface area contributed by atoms with E-state index in [0.29, 0.717) is 16.7 Å². The van der Waals surface area contributed by atoms with Crippen LogP contribution in [0.15, 0.2) is 6.33 Å². The number of hydrogen-bond acceptors (Lipinski definition) is 5. The summed E-state index contributed by atoms with van der Waals surface area (Å²) in [5, 5.41) is 3.47. The zero-order valence-electron chi connectivity index (χ0n) is 9.37. The molecule has 0 aliphatic carbocycles. The molecule has 6 heteroatoms. The molecule has 0 unspecified atom stereocenters. The van der Waals surface area contributed by atoms with E-state index in [4.69, 9.17) is 17.3 Å². The monoisotopic (exact) mass is 260 g/mol. The van der Waals surface area contributed by atoms with E-state index in [-0.39, 0.29) is 0 Å². The summed E-state index contributed by atoms with van der Waals surface area (Å²) in [5.41, 5.74) is 6.15. The molecule has 90 valence electrons. The summed E-state index contributed by atoms with van der Waals surface area (Å²) >= 11 is 7.66. The number of nitrogens with two attached hydrogens (primary N) is 1. The Labute approximate surface area is 105 Å². The first-order chi connectivity index (χ1) is 7.75. The van der Waals surface area contributed by atoms with Crippen LogP contribution in [0.2, 0.25) is 5.15 Å². The second-order valence-corrected chi connectivity index (χ2v) is 4.75. The number of thioether (sulfide) groups is 1. The van der Waals surface area contributed by atoms with Crippen molar-refractivity contribution in [2.75, 3.05) is 29.6 Å². The molecule has 0 aromatic carbocycles. The highest BCUT2D eigenvalue weighted by Crippen LogP contribution is 2.21. The molecule has 1 aromatic heterocycles. The van der Waals surface area contributed by atoms with Gasteiger partial charge in [-0.3, -0.25) is 0 Å². The van der Waals surface area contributed by atoms with E-state index in [1.807, 2.05) is 11.8 Å². The maximum Gasteiger partial charge on any atom is 0.157 e. The van der Waals surface area contributed by atoms with E-state index in [1.165, 1.54) is 24.9 Å².